The summed E-state index contributed by atoms with van der Waals surface area (Å²) >= 11 is 0. The van der Waals surface area contributed by atoms with E-state index in [-0.39, 0.29) is 23.8 Å². The molecule has 47 heavy (non-hydrogen) atoms. The Morgan fingerprint density at radius 3 is 1.66 bits per heavy atom. The molecule has 2 aromatic rings. The fourth-order valence-electron chi connectivity index (χ4n) is 5.37. The Bertz CT molecular complexity index is 1760. The zero-order valence-corrected chi connectivity index (χ0v) is 27.9. The van der Waals surface area contributed by atoms with E-state index in [0.717, 1.165) is 18.2 Å². The van der Waals surface area contributed by atoms with Crippen molar-refractivity contribution in [1.29, 1.82) is 0 Å². The van der Waals surface area contributed by atoms with Gasteiger partial charge in [0.15, 0.2) is 0 Å². The van der Waals surface area contributed by atoms with Crippen molar-refractivity contribution in [2.75, 3.05) is 4.90 Å². The lowest BCUT2D eigenvalue weighted by Crippen LogP contribution is -2.43. The fourth-order valence-corrected chi connectivity index (χ4v) is 6.77. The molecule has 252 valence electrons. The number of alkyl halides is 3. The summed E-state index contributed by atoms with van der Waals surface area (Å²) < 4.78 is 94.9. The molecule has 0 spiro atoms. The number of carbonyl (C=O) groups excluding carboxylic acids is 2. The Labute approximate surface area is 270 Å². The van der Waals surface area contributed by atoms with Gasteiger partial charge in [-0.3, -0.25) is 14.5 Å². The molecule has 0 aliphatic carbocycles. The van der Waals surface area contributed by atoms with Gasteiger partial charge in [0.1, 0.15) is 0 Å². The molecule has 3 aliphatic rings. The Kier molecular flexibility index (Phi) is 8.13. The molecule has 11 nitrogen and oxygen atoms in total. The van der Waals surface area contributed by atoms with Gasteiger partial charge in [0.2, 0.25) is 21.7 Å². The van der Waals surface area contributed by atoms with Gasteiger partial charge in [0.05, 0.1) is 49.0 Å². The number of benzene rings is 2. The van der Waals surface area contributed by atoms with E-state index in [2.05, 4.69) is 0 Å². The van der Waals surface area contributed by atoms with E-state index in [0.29, 0.717) is 17.0 Å². The van der Waals surface area contributed by atoms with Crippen molar-refractivity contribution in [2.45, 2.75) is 107 Å². The summed E-state index contributed by atoms with van der Waals surface area (Å²) in [4.78, 5) is 37.5. The van der Waals surface area contributed by atoms with Gasteiger partial charge in [-0.05, 0) is 85.1 Å². The highest BCUT2D eigenvalue weighted by Crippen LogP contribution is 2.41. The Morgan fingerprint density at radius 1 is 0.766 bits per heavy atom. The van der Waals surface area contributed by atoms with Crippen molar-refractivity contribution >= 4 is 58.5 Å². The summed E-state index contributed by atoms with van der Waals surface area (Å²) in [5, 5.41) is 10.3. The Balaban J connectivity index is 1.75. The summed E-state index contributed by atoms with van der Waals surface area (Å²) in [6.45, 7) is 13.4. The van der Waals surface area contributed by atoms with Gasteiger partial charge in [-0.1, -0.05) is 6.07 Å². The minimum absolute atomic E-state index is 0.216. The molecule has 1 N–H and O–H groups in total. The van der Waals surface area contributed by atoms with Crippen LogP contribution in [0, 0.1) is 0 Å². The monoisotopic (exact) mass is 679 g/mol. The summed E-state index contributed by atoms with van der Waals surface area (Å²) in [5.41, 5.74) is -6.98. The van der Waals surface area contributed by atoms with Gasteiger partial charge >= 0.3 is 26.4 Å². The lowest BCUT2D eigenvalue weighted by atomic mass is 9.76. The summed E-state index contributed by atoms with van der Waals surface area (Å²) in [6, 6.07) is 3.80. The van der Waals surface area contributed by atoms with Crippen LogP contribution in [0.4, 0.5) is 18.9 Å². The Morgan fingerprint density at radius 2 is 1.21 bits per heavy atom. The summed E-state index contributed by atoms with van der Waals surface area (Å²) in [6.07, 6.45) is -5.41. The normalized spacial score (nSPS) is 22.0. The molecule has 0 bridgehead atoms. The maximum atomic E-state index is 14.2. The topological polar surface area (TPSA) is 146 Å². The zero-order chi connectivity index (χ0) is 35.3. The van der Waals surface area contributed by atoms with Crippen LogP contribution in [0.15, 0.2) is 40.1 Å². The highest BCUT2D eigenvalue weighted by molar-refractivity contribution is 7.91. The van der Waals surface area contributed by atoms with Gasteiger partial charge in [-0.25, -0.2) is 13.2 Å². The van der Waals surface area contributed by atoms with Crippen LogP contribution >= 0.6 is 0 Å². The van der Waals surface area contributed by atoms with Crippen molar-refractivity contribution in [3.63, 3.8) is 0 Å². The van der Waals surface area contributed by atoms with E-state index < -0.39 is 97.0 Å². The molecule has 5 rings (SSSR count). The maximum Gasteiger partial charge on any atom is 0.497 e. The lowest BCUT2D eigenvalue weighted by Gasteiger charge is -2.32. The second kappa shape index (κ2) is 10.9. The SMILES string of the molecule is CC1(C)OB(c2cc(C(F)(F)F)cc(S(=O)(=O)c3cc(B4OC(C)(C)C(C)(C)O4)c(N4C(=O)CCC4=O)c(C(=O)O)c3)c2)OC1(C)C. The first-order chi connectivity index (χ1) is 21.3. The van der Waals surface area contributed by atoms with Gasteiger partial charge in [-0.15, -0.1) is 0 Å². The standard InChI is InChI=1S/C30H34B2F3NO10S/c1-26(2)27(3,4)44-31(43-26)17-11-16(30(33,34)35)12-18(13-17)47(41,42)19-14-20(25(39)40)24(36-22(37)9-10-23(36)38)21(15-19)32-45-28(5,6)29(7,8)46-32/h11-15H,9-10H2,1-8H3,(H,39,40). The number of nitrogens with zero attached hydrogens (tertiary/aromatic N) is 1. The fraction of sp³-hybridized carbons (Fsp3) is 0.500. The molecular weight excluding hydrogens is 645 g/mol. The molecule has 3 heterocycles. The van der Waals surface area contributed by atoms with E-state index in [1.807, 2.05) is 0 Å². The third kappa shape index (κ3) is 5.90. The molecule has 0 radical (unpaired) electrons. The van der Waals surface area contributed by atoms with Crippen molar-refractivity contribution in [3.05, 3.63) is 41.5 Å². The molecule has 0 aromatic heterocycles. The van der Waals surface area contributed by atoms with E-state index >= 15 is 0 Å². The molecule has 0 saturated carbocycles. The van der Waals surface area contributed by atoms with Crippen LogP contribution in [0.2, 0.25) is 0 Å². The number of rotatable bonds is 6. The third-order valence-corrected chi connectivity index (χ3v) is 11.2. The minimum atomic E-state index is -4.98. The van der Waals surface area contributed by atoms with Crippen LogP contribution in [0.3, 0.4) is 0 Å². The zero-order valence-electron chi connectivity index (χ0n) is 27.1. The first kappa shape index (κ1) is 35.1. The van der Waals surface area contributed by atoms with Crippen molar-refractivity contribution in [1.82, 2.24) is 0 Å². The number of halogens is 3. The first-order valence-corrected chi connectivity index (χ1v) is 16.2. The van der Waals surface area contributed by atoms with Crippen LogP contribution in [0.1, 0.15) is 84.2 Å². The predicted octanol–water partition coefficient (Wildman–Crippen LogP) is 3.49. The Hall–Kier alpha value is -3.24. The summed E-state index contributed by atoms with van der Waals surface area (Å²) in [5.74, 6) is -3.16. The highest BCUT2D eigenvalue weighted by Gasteiger charge is 2.55. The van der Waals surface area contributed by atoms with Crippen LogP contribution in [0.5, 0.6) is 0 Å². The number of imide groups is 1. The molecule has 2 amide bonds. The number of carboxylic acid groups (broad SMARTS) is 1. The molecule has 3 aliphatic heterocycles. The van der Waals surface area contributed by atoms with Gasteiger partial charge in [0, 0.05) is 18.3 Å². The van der Waals surface area contributed by atoms with Crippen molar-refractivity contribution < 1.29 is 59.7 Å². The van der Waals surface area contributed by atoms with Gasteiger partial charge < -0.3 is 23.7 Å². The number of anilines is 1. The second-order valence-electron chi connectivity index (χ2n) is 13.8. The highest BCUT2D eigenvalue weighted by atomic mass is 32.2. The van der Waals surface area contributed by atoms with Crippen molar-refractivity contribution in [3.8, 4) is 0 Å². The largest absolute Gasteiger partial charge is 0.497 e. The van der Waals surface area contributed by atoms with Crippen LogP contribution in [-0.2, 0) is 44.2 Å². The van der Waals surface area contributed by atoms with E-state index in [9.17, 15) is 41.1 Å². The number of sulfone groups is 1. The number of hydrogen-bond acceptors (Lipinski definition) is 9. The molecular formula is C30H34B2F3NO10S. The van der Waals surface area contributed by atoms with E-state index in [4.69, 9.17) is 18.6 Å². The van der Waals surface area contributed by atoms with Gasteiger partial charge in [0.25, 0.3) is 0 Å². The molecule has 3 saturated heterocycles. The molecule has 3 fully saturated rings. The van der Waals surface area contributed by atoms with E-state index in [1.54, 1.807) is 55.4 Å². The number of amides is 2. The maximum absolute atomic E-state index is 14.2. The third-order valence-electron chi connectivity index (χ3n) is 9.53. The molecule has 0 unspecified atom stereocenters. The average molecular weight is 679 g/mol. The van der Waals surface area contributed by atoms with Crippen LogP contribution in [0.25, 0.3) is 0 Å². The van der Waals surface area contributed by atoms with Crippen LogP contribution in [-0.4, -0.2) is 67.9 Å². The molecule has 17 heteroatoms. The number of carbonyl (C=O) groups is 3. The van der Waals surface area contributed by atoms with E-state index in [1.165, 1.54) is 0 Å². The quantitative estimate of drug-likeness (QED) is 0.356. The second-order valence-corrected chi connectivity index (χ2v) is 15.8. The average Bonchev–Trinajstić information content (AvgIpc) is 3.46. The molecule has 2 aromatic carbocycles. The first-order valence-electron chi connectivity index (χ1n) is 14.7. The van der Waals surface area contributed by atoms with Gasteiger partial charge in [-0.2, -0.15) is 13.2 Å². The predicted molar refractivity (Wildman–Crippen MR) is 163 cm³/mol. The molecule has 0 atom stereocenters. The number of carboxylic acids is 1. The lowest BCUT2D eigenvalue weighted by molar-refractivity contribution is -0.137. The van der Waals surface area contributed by atoms with Crippen molar-refractivity contribution in [2.24, 2.45) is 0 Å². The minimum Gasteiger partial charge on any atom is -0.478 e. The smallest absolute Gasteiger partial charge is 0.478 e. The van der Waals surface area contributed by atoms with Crippen LogP contribution < -0.4 is 15.8 Å². The summed E-state index contributed by atoms with van der Waals surface area (Å²) in [7, 11) is -7.77. The number of aromatic carboxylic acids is 1. The number of hydrogen-bond donors (Lipinski definition) is 1.